The minimum atomic E-state index is -3.73. The summed E-state index contributed by atoms with van der Waals surface area (Å²) in [6.45, 7) is 5.50. The highest BCUT2D eigenvalue weighted by Crippen LogP contribution is 2.38. The van der Waals surface area contributed by atoms with Crippen LogP contribution in [-0.2, 0) is 14.8 Å². The van der Waals surface area contributed by atoms with Crippen LogP contribution in [0.2, 0.25) is 0 Å². The number of hydrogen-bond acceptors (Lipinski definition) is 6. The van der Waals surface area contributed by atoms with Crippen LogP contribution in [0, 0.1) is 0 Å². The molecular weight excluding hydrogens is 550 g/mol. The Morgan fingerprint density at radius 2 is 1.67 bits per heavy atom. The van der Waals surface area contributed by atoms with Gasteiger partial charge in [0, 0.05) is 51.0 Å². The molecule has 9 nitrogen and oxygen atoms in total. The number of anilines is 1. The minimum Gasteiger partial charge on any atom is -0.336 e. The van der Waals surface area contributed by atoms with Gasteiger partial charge in [0.15, 0.2) is 0 Å². The molecule has 2 aliphatic rings. The fourth-order valence-electron chi connectivity index (χ4n) is 5.27. The van der Waals surface area contributed by atoms with E-state index in [0.717, 1.165) is 31.5 Å². The number of aliphatic imine (C=N–C) groups is 1. The largest absolute Gasteiger partial charge is 0.336 e. The standard InChI is InChI=1S/C32H37N5O4S/c1-4-5-17-36(3)42(40,41)26-15-16-28-27(22-26)29(31(38)34-28)30(23-9-7-6-8-10-23)33-25-13-11-24(12-14-25)32(39)37-20-18-35(2)19-21-37/h6-16,22,29H,4-5,17-21H2,1-3H3,(H,34,38). The summed E-state index contributed by atoms with van der Waals surface area (Å²) in [6.07, 6.45) is 1.64. The van der Waals surface area contributed by atoms with Gasteiger partial charge in [-0.05, 0) is 67.1 Å². The predicted molar refractivity (Wildman–Crippen MR) is 165 cm³/mol. The lowest BCUT2D eigenvalue weighted by Crippen LogP contribution is -2.47. The normalized spacial score (nSPS) is 17.8. The van der Waals surface area contributed by atoms with E-state index in [-0.39, 0.29) is 16.7 Å². The Kier molecular flexibility index (Phi) is 8.86. The maximum Gasteiger partial charge on any atom is 0.253 e. The Labute approximate surface area is 247 Å². The maximum atomic E-state index is 13.4. The number of carbonyl (C=O) groups excluding carboxylic acids is 2. The van der Waals surface area contributed by atoms with Crippen LogP contribution in [-0.4, -0.2) is 86.9 Å². The lowest BCUT2D eigenvalue weighted by Gasteiger charge is -2.32. The number of amides is 2. The van der Waals surface area contributed by atoms with Gasteiger partial charge in [-0.3, -0.25) is 14.6 Å². The topological polar surface area (TPSA) is 102 Å². The first-order valence-electron chi connectivity index (χ1n) is 14.3. The van der Waals surface area contributed by atoms with Crippen molar-refractivity contribution in [2.24, 2.45) is 4.99 Å². The molecule has 3 aromatic rings. The fraction of sp³-hybridized carbons (Fsp3) is 0.344. The van der Waals surface area contributed by atoms with Crippen LogP contribution in [0.4, 0.5) is 11.4 Å². The van der Waals surface area contributed by atoms with Crippen LogP contribution in [0.1, 0.15) is 47.2 Å². The van der Waals surface area contributed by atoms with Crippen molar-refractivity contribution in [3.8, 4) is 0 Å². The van der Waals surface area contributed by atoms with E-state index in [1.165, 1.54) is 10.4 Å². The van der Waals surface area contributed by atoms with E-state index in [1.807, 2.05) is 49.2 Å². The highest BCUT2D eigenvalue weighted by atomic mass is 32.2. The monoisotopic (exact) mass is 587 g/mol. The predicted octanol–water partition coefficient (Wildman–Crippen LogP) is 4.35. The van der Waals surface area contributed by atoms with E-state index < -0.39 is 15.9 Å². The Hall–Kier alpha value is -3.86. The lowest BCUT2D eigenvalue weighted by atomic mass is 9.90. The summed E-state index contributed by atoms with van der Waals surface area (Å²) in [4.78, 5) is 35.6. The highest BCUT2D eigenvalue weighted by Gasteiger charge is 2.37. The van der Waals surface area contributed by atoms with Gasteiger partial charge < -0.3 is 15.1 Å². The molecule has 0 spiro atoms. The third kappa shape index (κ3) is 6.16. The van der Waals surface area contributed by atoms with Crippen LogP contribution in [0.5, 0.6) is 0 Å². The second kappa shape index (κ2) is 12.6. The maximum absolute atomic E-state index is 13.4. The Bertz CT molecular complexity index is 1580. The van der Waals surface area contributed by atoms with Crippen LogP contribution in [0.15, 0.2) is 82.7 Å². The van der Waals surface area contributed by atoms with Gasteiger partial charge in [0.05, 0.1) is 16.3 Å². The number of unbranched alkanes of at least 4 members (excludes halogenated alkanes) is 1. The van der Waals surface area contributed by atoms with Gasteiger partial charge in [-0.25, -0.2) is 12.7 Å². The highest BCUT2D eigenvalue weighted by molar-refractivity contribution is 7.89. The van der Waals surface area contributed by atoms with Crippen LogP contribution in [0.3, 0.4) is 0 Å². The van der Waals surface area contributed by atoms with Gasteiger partial charge in [0.25, 0.3) is 5.91 Å². The molecule has 2 heterocycles. The Balaban J connectivity index is 1.50. The molecule has 0 saturated carbocycles. The summed E-state index contributed by atoms with van der Waals surface area (Å²) >= 11 is 0. The lowest BCUT2D eigenvalue weighted by molar-refractivity contribution is -0.115. The van der Waals surface area contributed by atoms with E-state index in [2.05, 4.69) is 10.2 Å². The molecule has 10 heteroatoms. The van der Waals surface area contributed by atoms with E-state index in [0.29, 0.717) is 47.8 Å². The van der Waals surface area contributed by atoms with Gasteiger partial charge in [-0.15, -0.1) is 0 Å². The van der Waals surface area contributed by atoms with Crippen molar-refractivity contribution >= 4 is 38.9 Å². The number of carbonyl (C=O) groups is 2. The van der Waals surface area contributed by atoms with Crippen molar-refractivity contribution in [2.75, 3.05) is 52.1 Å². The molecule has 5 rings (SSSR count). The van der Waals surface area contributed by atoms with Gasteiger partial charge >= 0.3 is 0 Å². The number of likely N-dealkylation sites (N-methyl/N-ethyl adjacent to an activating group) is 1. The summed E-state index contributed by atoms with van der Waals surface area (Å²) < 4.78 is 28.0. The van der Waals surface area contributed by atoms with E-state index in [9.17, 15) is 18.0 Å². The fourth-order valence-corrected chi connectivity index (χ4v) is 6.51. The molecule has 1 atom stereocenters. The van der Waals surface area contributed by atoms with Crippen molar-refractivity contribution in [3.63, 3.8) is 0 Å². The molecule has 2 amide bonds. The SMILES string of the molecule is CCCCN(C)S(=O)(=O)c1ccc2c(c1)C(C(=Nc1ccc(C(=O)N3CCN(C)CC3)cc1)c1ccccc1)C(=O)N2. The number of hydrogen-bond donors (Lipinski definition) is 1. The Morgan fingerprint density at radius 1 is 0.976 bits per heavy atom. The zero-order valence-electron chi connectivity index (χ0n) is 24.3. The summed E-state index contributed by atoms with van der Waals surface area (Å²) in [7, 11) is -0.106. The smallest absolute Gasteiger partial charge is 0.253 e. The third-order valence-electron chi connectivity index (χ3n) is 7.89. The van der Waals surface area contributed by atoms with Gasteiger partial charge in [0.1, 0.15) is 5.92 Å². The van der Waals surface area contributed by atoms with Crippen LogP contribution >= 0.6 is 0 Å². The average molecular weight is 588 g/mol. The van der Waals surface area contributed by atoms with Crippen molar-refractivity contribution in [1.82, 2.24) is 14.1 Å². The number of fused-ring (bicyclic) bond motifs is 1. The van der Waals surface area contributed by atoms with E-state index in [4.69, 9.17) is 4.99 Å². The quantitative estimate of drug-likeness (QED) is 0.375. The number of nitrogens with zero attached hydrogens (tertiary/aromatic N) is 4. The number of sulfonamides is 1. The minimum absolute atomic E-state index is 0.0105. The molecule has 42 heavy (non-hydrogen) atoms. The zero-order chi connectivity index (χ0) is 29.9. The number of benzene rings is 3. The molecule has 1 saturated heterocycles. The molecule has 220 valence electrons. The summed E-state index contributed by atoms with van der Waals surface area (Å²) in [5.41, 5.74) is 3.56. The molecule has 1 unspecified atom stereocenters. The van der Waals surface area contributed by atoms with Gasteiger partial charge in [-0.1, -0.05) is 43.7 Å². The number of nitrogens with one attached hydrogen (secondary N) is 1. The first-order chi connectivity index (χ1) is 20.2. The number of rotatable bonds is 9. The van der Waals surface area contributed by atoms with E-state index in [1.54, 1.807) is 43.4 Å². The third-order valence-corrected chi connectivity index (χ3v) is 9.74. The second-order valence-electron chi connectivity index (χ2n) is 10.9. The summed E-state index contributed by atoms with van der Waals surface area (Å²) in [5, 5.41) is 2.91. The summed E-state index contributed by atoms with van der Waals surface area (Å²) in [5.74, 6) is -1.10. The molecule has 1 N–H and O–H groups in total. The first-order valence-corrected chi connectivity index (χ1v) is 15.8. The molecule has 0 aliphatic carbocycles. The van der Waals surface area contributed by atoms with Crippen molar-refractivity contribution < 1.29 is 18.0 Å². The van der Waals surface area contributed by atoms with Crippen molar-refractivity contribution in [3.05, 3.63) is 89.5 Å². The molecule has 1 fully saturated rings. The molecule has 0 aromatic heterocycles. The van der Waals surface area contributed by atoms with Gasteiger partial charge in [-0.2, -0.15) is 0 Å². The molecule has 3 aromatic carbocycles. The van der Waals surface area contributed by atoms with Crippen molar-refractivity contribution in [2.45, 2.75) is 30.6 Å². The van der Waals surface area contributed by atoms with Crippen molar-refractivity contribution in [1.29, 1.82) is 0 Å². The molecule has 0 radical (unpaired) electrons. The average Bonchev–Trinajstić information content (AvgIpc) is 3.34. The zero-order valence-corrected chi connectivity index (χ0v) is 25.1. The van der Waals surface area contributed by atoms with E-state index >= 15 is 0 Å². The first kappa shape index (κ1) is 29.6. The summed E-state index contributed by atoms with van der Waals surface area (Å²) in [6, 6.07) is 21.3. The Morgan fingerprint density at radius 3 is 2.33 bits per heavy atom. The molecule has 2 aliphatic heterocycles. The van der Waals surface area contributed by atoms with Crippen LogP contribution in [0.25, 0.3) is 0 Å². The molecule has 0 bridgehead atoms. The van der Waals surface area contributed by atoms with Gasteiger partial charge in [0.2, 0.25) is 15.9 Å². The van der Waals surface area contributed by atoms with Crippen LogP contribution < -0.4 is 5.32 Å². The number of piperazine rings is 1. The second-order valence-corrected chi connectivity index (χ2v) is 12.9. The molecular formula is C32H37N5O4S.